The molecule has 0 saturated carbocycles. The van der Waals surface area contributed by atoms with Gasteiger partial charge >= 0.3 is 18.1 Å². The Morgan fingerprint density at radius 3 is 1.07 bits per heavy atom. The van der Waals surface area contributed by atoms with Gasteiger partial charge in [0.1, 0.15) is 85.3 Å². The molecule has 3 aliphatic heterocycles. The van der Waals surface area contributed by atoms with Gasteiger partial charge in [0, 0.05) is 85.8 Å². The van der Waals surface area contributed by atoms with Gasteiger partial charge in [0.05, 0.1) is 19.8 Å². The Kier molecular flexibility index (Phi) is 39.6. The van der Waals surface area contributed by atoms with Gasteiger partial charge in [0.25, 0.3) is 0 Å². The molecule has 123 heavy (non-hydrogen) atoms. The van der Waals surface area contributed by atoms with Gasteiger partial charge in [0.2, 0.25) is 48.3 Å². The van der Waals surface area contributed by atoms with Crippen LogP contribution in [0, 0.1) is 26.7 Å². The summed E-state index contributed by atoms with van der Waals surface area (Å²) < 4.78 is 34.2. The van der Waals surface area contributed by atoms with Crippen molar-refractivity contribution in [3.63, 3.8) is 0 Å². The molecule has 0 radical (unpaired) electrons. The van der Waals surface area contributed by atoms with E-state index in [1.165, 1.54) is 0 Å². The van der Waals surface area contributed by atoms with Gasteiger partial charge in [-0.25, -0.2) is 14.4 Å². The van der Waals surface area contributed by atoms with Crippen molar-refractivity contribution in [2.75, 3.05) is 73.2 Å². The van der Waals surface area contributed by atoms with Crippen LogP contribution in [0.4, 0.5) is 14.4 Å². The molecule has 3 saturated heterocycles. The van der Waals surface area contributed by atoms with Gasteiger partial charge in [-0.15, -0.1) is 15.3 Å². The first-order chi connectivity index (χ1) is 58.3. The number of hydrogen-bond donors (Lipinski definition) is 24. The highest BCUT2D eigenvalue weighted by atomic mass is 16.7. The summed E-state index contributed by atoms with van der Waals surface area (Å²) in [5, 5.41) is 159. The number of ether oxygens (including phenoxy) is 6. The summed E-state index contributed by atoms with van der Waals surface area (Å²) in [4.78, 5) is 61.6. The molecule has 3 aromatic carbocycles. The zero-order valence-corrected chi connectivity index (χ0v) is 72.4. The Bertz CT molecular complexity index is 4310. The maximum Gasteiger partial charge on any atom is 0.315 e. The van der Waals surface area contributed by atoms with E-state index in [1.807, 2.05) is 130 Å². The van der Waals surface area contributed by atoms with E-state index in [2.05, 4.69) is 68.6 Å². The lowest BCUT2D eigenvalue weighted by Crippen LogP contribution is -2.60. The number of urea groups is 3. The van der Waals surface area contributed by atoms with E-state index in [1.54, 1.807) is 13.8 Å². The van der Waals surface area contributed by atoms with Crippen LogP contribution in [0.25, 0.3) is 0 Å². The average Bonchev–Trinajstić information content (AvgIpc) is 1.78. The molecule has 9 rings (SSSR count). The van der Waals surface area contributed by atoms with Crippen LogP contribution in [0.3, 0.4) is 0 Å². The van der Waals surface area contributed by atoms with E-state index in [0.29, 0.717) is 84.1 Å². The van der Waals surface area contributed by atoms with Crippen molar-refractivity contribution in [2.45, 2.75) is 256 Å². The van der Waals surface area contributed by atoms with E-state index >= 15 is 0 Å². The number of hydrogen-bond acceptors (Lipinski definition) is 28. The minimum atomic E-state index is -1.57. The summed E-state index contributed by atoms with van der Waals surface area (Å²) in [7, 11) is 3.91. The number of H-pyrrole nitrogens is 3. The molecule has 3 aliphatic rings. The zero-order valence-electron chi connectivity index (χ0n) is 72.4. The van der Waals surface area contributed by atoms with Crippen LogP contribution in [0.5, 0.6) is 17.6 Å². The Morgan fingerprint density at radius 2 is 0.780 bits per heavy atom. The maximum atomic E-state index is 12.3. The second-order valence-electron chi connectivity index (χ2n) is 32.9. The summed E-state index contributed by atoms with van der Waals surface area (Å²) in [6.07, 6.45) is -15.9. The van der Waals surface area contributed by atoms with E-state index in [0.717, 1.165) is 96.8 Å². The number of nitrogens with one attached hydrogen (secondary N) is 9. The van der Waals surface area contributed by atoms with E-state index in [4.69, 9.17) is 45.6 Å². The molecule has 0 spiro atoms. The minimum absolute atomic E-state index is 0.0706. The van der Waals surface area contributed by atoms with E-state index < -0.39 is 148 Å². The number of primary amides is 2. The van der Waals surface area contributed by atoms with Crippen molar-refractivity contribution < 1.29 is 114 Å². The van der Waals surface area contributed by atoms with Gasteiger partial charge in [-0.1, -0.05) is 110 Å². The van der Waals surface area contributed by atoms with Crippen molar-refractivity contribution in [3.05, 3.63) is 138 Å². The number of likely N-dealkylation sites (N-methyl/N-ethyl adjacent to an activating group) is 1. The predicted octanol–water partition coefficient (Wildman–Crippen LogP) is -0.587. The lowest BCUT2D eigenvalue weighted by atomic mass is 9.95. The highest BCUT2D eigenvalue weighted by molar-refractivity contribution is 5.86. The van der Waals surface area contributed by atoms with Gasteiger partial charge in [-0.05, 0) is 154 Å². The van der Waals surface area contributed by atoms with Crippen LogP contribution in [-0.4, -0.2) is 304 Å². The molecule has 6 heterocycles. The first-order valence-corrected chi connectivity index (χ1v) is 41.7. The molecule has 3 fully saturated rings. The summed E-state index contributed by atoms with van der Waals surface area (Å²) in [5.41, 5.74) is 30.3. The number of aromatic amines is 3. The van der Waals surface area contributed by atoms with Crippen LogP contribution in [0.1, 0.15) is 176 Å². The lowest BCUT2D eigenvalue weighted by molar-refractivity contribution is -0.278. The van der Waals surface area contributed by atoms with Gasteiger partial charge in [0.15, 0.2) is 0 Å². The lowest BCUT2D eigenvalue weighted by Gasteiger charge is -2.39. The van der Waals surface area contributed by atoms with Crippen LogP contribution >= 0.6 is 0 Å². The second-order valence-corrected chi connectivity index (χ2v) is 32.9. The summed E-state index contributed by atoms with van der Waals surface area (Å²) in [6, 6.07) is 15.5. The molecule has 39 nitrogen and oxygen atoms in total. The molecular weight excluding hydrogens is 1600 g/mol. The Morgan fingerprint density at radius 1 is 0.455 bits per heavy atom. The van der Waals surface area contributed by atoms with Crippen molar-refractivity contribution in [1.29, 1.82) is 0 Å². The number of benzene rings is 3. The van der Waals surface area contributed by atoms with Crippen LogP contribution in [0.15, 0.2) is 54.6 Å². The SMILES string of the molecule is Cc1cc(CCNC(=O)NCCN(C)C)ccc1Cc1c(O[C@@H]2O[C@H](CO)[C@@H](O)[C@H](O)[C@H]2O)n[nH]c1C(C)C.Cc1cc(CCNC(=O)N[C@@H](CCCCN)C(N)=O)ccc1Cc1c(O[C@@H]2O[C@H](CO)[C@@H](O)[C@H](O)[C@H]2O)n[nH]c1C(C)C.Cc1cc(CCNC(=O)N[C@H](C(N)=O)C(C)C)ccc1Cc1c(O[C@@H]2O[C@H](CO)[C@@H](O)[C@H](O)[C@H]2O)n[nH]c1C(C)C. The number of nitrogens with zero attached hydrogens (tertiary/aromatic N) is 4. The monoisotopic (exact) mass is 1730 g/mol. The number of rotatable bonds is 39. The van der Waals surface area contributed by atoms with E-state index in [-0.39, 0.29) is 47.3 Å². The minimum Gasteiger partial charge on any atom is -0.443 e. The third-order valence-electron chi connectivity index (χ3n) is 21.7. The van der Waals surface area contributed by atoms with Crippen molar-refractivity contribution in [3.8, 4) is 17.6 Å². The molecular formula is C84H132N16O23. The first kappa shape index (κ1) is 101. The number of aliphatic hydroxyl groups excluding tert-OH is 12. The topological polar surface area (TPSA) is 623 Å². The molecule has 39 heteroatoms. The number of aliphatic hydroxyl groups is 12. The third-order valence-corrected chi connectivity index (χ3v) is 21.7. The fraction of sp³-hybridized carbons (Fsp3) is 0.619. The molecule has 17 atom stereocenters. The molecule has 6 aromatic rings. The number of aryl methyl sites for hydroxylation is 3. The highest BCUT2D eigenvalue weighted by Gasteiger charge is 2.48. The third kappa shape index (κ3) is 28.6. The molecule has 0 aliphatic carbocycles. The quantitative estimate of drug-likeness (QED) is 0.0215. The van der Waals surface area contributed by atoms with Crippen LogP contribution in [0.2, 0.25) is 0 Å². The van der Waals surface area contributed by atoms with E-state index in [9.17, 15) is 85.3 Å². The maximum absolute atomic E-state index is 12.3. The molecule has 0 bridgehead atoms. The van der Waals surface area contributed by atoms with Gasteiger partial charge in [-0.3, -0.25) is 24.9 Å². The largest absolute Gasteiger partial charge is 0.443 e. The molecule has 0 unspecified atom stereocenters. The number of carbonyl (C=O) groups is 5. The number of aromatic nitrogens is 6. The first-order valence-electron chi connectivity index (χ1n) is 41.7. The van der Waals surface area contributed by atoms with Crippen LogP contribution < -0.4 is 63.3 Å². The normalized spacial score (nSPS) is 23.2. The van der Waals surface area contributed by atoms with Crippen molar-refractivity contribution >= 4 is 29.9 Å². The second kappa shape index (κ2) is 48.3. The average molecular weight is 1730 g/mol. The number of carbonyl (C=O) groups excluding carboxylic acids is 5. The number of unbranched alkanes of at least 4 members (excludes halogenated alkanes) is 1. The Balaban J connectivity index is 0.000000254. The van der Waals surface area contributed by atoms with Gasteiger partial charge in [-0.2, -0.15) is 0 Å². The fourth-order valence-electron chi connectivity index (χ4n) is 14.2. The highest BCUT2D eigenvalue weighted by Crippen LogP contribution is 2.37. The number of nitrogens with two attached hydrogens (primary N) is 3. The summed E-state index contributed by atoms with van der Waals surface area (Å²) >= 11 is 0. The molecule has 27 N–H and O–H groups in total. The summed E-state index contributed by atoms with van der Waals surface area (Å²) in [6.45, 7) is 23.1. The molecule has 3 aromatic heterocycles. The summed E-state index contributed by atoms with van der Waals surface area (Å²) in [5.74, 6) is -0.447. The predicted molar refractivity (Wildman–Crippen MR) is 451 cm³/mol. The zero-order chi connectivity index (χ0) is 90.8. The Labute approximate surface area is 716 Å². The van der Waals surface area contributed by atoms with Gasteiger partial charge < -0.3 is 144 Å². The standard InChI is InChI=1S/C29H46N6O8.C28H43N5O8.C27H43N5O7/c1-15(2)22-19(27(35-34-22)43-28-25(39)24(38)23(37)21(14-36)42-28)13-18-8-7-17(12-16(18)3)9-11-32-29(41)33-20(26(31)40)6-4-5-10-30;1-13(2)20-18(26(33-32-20)41-27-24(37)23(36)22(35)19(12-34)40-27)11-17-7-6-16(10-15(17)5)8-9-30-28(39)31-21(14(3)4)25(29)38;1-15(2)21-19(25(31-30-21)39-26-24(36)23(35)22(34)20(14-33)38-26)13-18-7-6-17(12-16(18)3)8-9-28-27(37)29-10-11-32(4)5/h7-8,12,15,20-21,23-25,28,36-39H,4-6,9-11,13-14,30H2,1-3H3,(H2,31,40)(H,34,35)(H2,32,33,41);6-7,10,13-14,19,21-24,27,34-37H,8-9,11-12H2,1-5H3,(H2,29,38)(H,32,33)(H2,30,31,39);6-7,12,15,20,22-24,26,33-36H,8-11,13-14H2,1-5H3,(H,30,31)(H2,28,29,37)/t20-,21+,23+,24-,25+,28-;19-,21+,22-,23+,24-,27+;20-,22-,23+,24-,26+/m011/s1. The van der Waals surface area contributed by atoms with Crippen molar-refractivity contribution in [1.82, 2.24) is 67.4 Å². The molecule has 8 amide bonds. The smallest absolute Gasteiger partial charge is 0.315 e. The van der Waals surface area contributed by atoms with Crippen molar-refractivity contribution in [2.24, 2.45) is 23.1 Å². The Hall–Kier alpha value is -9.24. The van der Waals surface area contributed by atoms with Crippen LogP contribution in [-0.2, 0) is 62.3 Å². The fourth-order valence-corrected chi connectivity index (χ4v) is 14.2. The number of amides is 8. The molecule has 686 valence electrons.